The van der Waals surface area contributed by atoms with Crippen LogP contribution >= 0.6 is 11.8 Å². The van der Waals surface area contributed by atoms with Crippen molar-refractivity contribution in [2.45, 2.75) is 77.5 Å². The van der Waals surface area contributed by atoms with Crippen LogP contribution in [0.15, 0.2) is 30.3 Å². The Balaban J connectivity index is 2.93. The topological polar surface area (TPSA) is 180 Å². The van der Waals surface area contributed by atoms with Crippen molar-refractivity contribution in [1.29, 1.82) is 0 Å². The molecule has 6 atom stereocenters. The first-order valence-electron chi connectivity index (χ1n) is 13.6. The van der Waals surface area contributed by atoms with Gasteiger partial charge in [0, 0.05) is 6.42 Å². The lowest BCUT2D eigenvalue weighted by Gasteiger charge is -2.25. The molecule has 40 heavy (non-hydrogen) atoms. The average Bonchev–Trinajstić information content (AvgIpc) is 2.95. The number of nitrogens with one attached hydrogen (secondary N) is 4. The largest absolute Gasteiger partial charge is 0.480 e. The summed E-state index contributed by atoms with van der Waals surface area (Å²) in [5.41, 5.74) is 6.77. The van der Waals surface area contributed by atoms with Gasteiger partial charge < -0.3 is 32.1 Å². The molecule has 0 radical (unpaired) electrons. The number of nitrogens with two attached hydrogens (primary N) is 1. The smallest absolute Gasteiger partial charge is 0.326 e. The van der Waals surface area contributed by atoms with Gasteiger partial charge in [0.15, 0.2) is 0 Å². The normalized spacial score (nSPS) is 15.4. The van der Waals surface area contributed by atoms with Crippen molar-refractivity contribution < 1.29 is 29.1 Å². The van der Waals surface area contributed by atoms with Crippen LogP contribution in [0.1, 0.15) is 52.5 Å². The van der Waals surface area contributed by atoms with Crippen LogP contribution in [0.25, 0.3) is 0 Å². The molecule has 0 bridgehead atoms. The number of aliphatic carboxylic acids is 1. The Morgan fingerprint density at radius 2 is 1.50 bits per heavy atom. The molecule has 1 rings (SSSR count). The molecule has 1 aromatic carbocycles. The lowest BCUT2D eigenvalue weighted by molar-refractivity contribution is -0.143. The second kappa shape index (κ2) is 18.3. The van der Waals surface area contributed by atoms with E-state index in [-0.39, 0.29) is 18.3 Å². The fourth-order valence-electron chi connectivity index (χ4n) is 3.82. The van der Waals surface area contributed by atoms with E-state index in [4.69, 9.17) is 5.73 Å². The molecule has 0 aliphatic rings. The molecule has 1 aromatic rings. The van der Waals surface area contributed by atoms with Gasteiger partial charge in [0.1, 0.15) is 18.1 Å². The summed E-state index contributed by atoms with van der Waals surface area (Å²) < 4.78 is 0. The van der Waals surface area contributed by atoms with Crippen molar-refractivity contribution in [2.24, 2.45) is 17.6 Å². The minimum atomic E-state index is -1.16. The van der Waals surface area contributed by atoms with Crippen LogP contribution in [0.3, 0.4) is 0 Å². The molecule has 0 aliphatic heterocycles. The SMILES string of the molecule is CC[C@H](C)[C@H](N)C(=O)N[C@@H](CCSC)C(=O)NCC(=O)N[C@@H](Cc1ccccc1)C(=O)N[C@H](C(=O)O)[C@@H](C)CC. The van der Waals surface area contributed by atoms with E-state index < -0.39 is 60.3 Å². The standard InChI is InChI=1S/C28H45N5O6S/c1-6-17(3)23(29)27(37)32-20(13-14-40-5)25(35)30-16-22(34)31-21(15-19-11-9-8-10-12-19)26(36)33-24(28(38)39)18(4)7-2/h8-12,17-18,20-21,23-24H,6-7,13-16,29H2,1-5H3,(H,30,35)(H,31,34)(H,32,37)(H,33,36)(H,38,39)/t17-,18-,20-,21-,23-,24-/m0/s1. The molecule has 7 N–H and O–H groups in total. The number of carbonyl (C=O) groups is 5. The van der Waals surface area contributed by atoms with Gasteiger partial charge in [0.25, 0.3) is 0 Å². The van der Waals surface area contributed by atoms with Crippen molar-refractivity contribution >= 4 is 41.4 Å². The Labute approximate surface area is 241 Å². The van der Waals surface area contributed by atoms with Crippen molar-refractivity contribution in [3.8, 4) is 0 Å². The lowest BCUT2D eigenvalue weighted by atomic mass is 9.98. The van der Waals surface area contributed by atoms with Gasteiger partial charge in [0.05, 0.1) is 12.6 Å². The summed E-state index contributed by atoms with van der Waals surface area (Å²) in [6, 6.07) is 5.16. The van der Waals surface area contributed by atoms with Crippen molar-refractivity contribution in [3.05, 3.63) is 35.9 Å². The molecule has 4 amide bonds. The highest BCUT2D eigenvalue weighted by molar-refractivity contribution is 7.98. The molecular formula is C28H45N5O6S. The molecule has 0 unspecified atom stereocenters. The summed E-state index contributed by atoms with van der Waals surface area (Å²) in [6.07, 6.45) is 3.59. The van der Waals surface area contributed by atoms with E-state index in [2.05, 4.69) is 21.3 Å². The van der Waals surface area contributed by atoms with Gasteiger partial charge in [-0.2, -0.15) is 11.8 Å². The fourth-order valence-corrected chi connectivity index (χ4v) is 4.29. The minimum Gasteiger partial charge on any atom is -0.480 e. The van der Waals surface area contributed by atoms with Gasteiger partial charge in [-0.1, -0.05) is 70.9 Å². The Kier molecular flexibility index (Phi) is 15.9. The summed E-state index contributed by atoms with van der Waals surface area (Å²) >= 11 is 1.51. The first-order valence-corrected chi connectivity index (χ1v) is 15.0. The van der Waals surface area contributed by atoms with Crippen LogP contribution in [0, 0.1) is 11.8 Å². The number of carboxylic acids is 1. The maximum Gasteiger partial charge on any atom is 0.326 e. The van der Waals surface area contributed by atoms with E-state index in [0.717, 1.165) is 5.56 Å². The van der Waals surface area contributed by atoms with Gasteiger partial charge in [-0.05, 0) is 35.8 Å². The van der Waals surface area contributed by atoms with Gasteiger partial charge >= 0.3 is 5.97 Å². The predicted molar refractivity (Wildman–Crippen MR) is 156 cm³/mol. The highest BCUT2D eigenvalue weighted by atomic mass is 32.2. The molecule has 0 saturated carbocycles. The molecular weight excluding hydrogens is 534 g/mol. The Bertz CT molecular complexity index is 979. The minimum absolute atomic E-state index is 0.0660. The zero-order chi connectivity index (χ0) is 30.2. The van der Waals surface area contributed by atoms with Crippen molar-refractivity contribution in [1.82, 2.24) is 21.3 Å². The van der Waals surface area contributed by atoms with Crippen molar-refractivity contribution in [2.75, 3.05) is 18.6 Å². The van der Waals surface area contributed by atoms with Crippen LogP contribution in [0.5, 0.6) is 0 Å². The van der Waals surface area contributed by atoms with Crippen LogP contribution in [-0.2, 0) is 30.4 Å². The second-order valence-electron chi connectivity index (χ2n) is 9.99. The summed E-state index contributed by atoms with van der Waals surface area (Å²) in [5, 5.41) is 20.0. The van der Waals surface area contributed by atoms with E-state index >= 15 is 0 Å². The highest BCUT2D eigenvalue weighted by Gasteiger charge is 2.30. The quantitative estimate of drug-likeness (QED) is 0.149. The molecule has 0 saturated heterocycles. The summed E-state index contributed by atoms with van der Waals surface area (Å²) in [7, 11) is 0. The number of carbonyl (C=O) groups excluding carboxylic acids is 4. The summed E-state index contributed by atoms with van der Waals surface area (Å²) in [5.74, 6) is -3.20. The number of hydrogen-bond acceptors (Lipinski definition) is 7. The van der Waals surface area contributed by atoms with E-state index in [1.165, 1.54) is 11.8 Å². The molecule has 11 nitrogen and oxygen atoms in total. The number of carboxylic acid groups (broad SMARTS) is 1. The number of benzene rings is 1. The molecule has 0 spiro atoms. The number of hydrogen-bond donors (Lipinski definition) is 6. The predicted octanol–water partition coefficient (Wildman–Crippen LogP) is 1.06. The van der Waals surface area contributed by atoms with Crippen LogP contribution < -0.4 is 27.0 Å². The zero-order valence-corrected chi connectivity index (χ0v) is 24.9. The Morgan fingerprint density at radius 1 is 0.875 bits per heavy atom. The first kappa shape index (κ1) is 34.9. The third-order valence-electron chi connectivity index (χ3n) is 6.94. The van der Waals surface area contributed by atoms with Crippen LogP contribution in [-0.4, -0.2) is 77.4 Å². The lowest BCUT2D eigenvalue weighted by Crippen LogP contribution is -2.56. The van der Waals surface area contributed by atoms with E-state index in [1.807, 2.05) is 33.1 Å². The zero-order valence-electron chi connectivity index (χ0n) is 24.1. The molecule has 0 fully saturated rings. The van der Waals surface area contributed by atoms with E-state index in [0.29, 0.717) is 25.0 Å². The summed E-state index contributed by atoms with van der Waals surface area (Å²) in [6.45, 7) is 6.89. The van der Waals surface area contributed by atoms with E-state index in [1.54, 1.807) is 31.2 Å². The fraction of sp³-hybridized carbons (Fsp3) is 0.607. The summed E-state index contributed by atoms with van der Waals surface area (Å²) in [4.78, 5) is 63.1. The molecule has 0 aromatic heterocycles. The Hall–Kier alpha value is -3.12. The monoisotopic (exact) mass is 579 g/mol. The van der Waals surface area contributed by atoms with Gasteiger partial charge in [0.2, 0.25) is 23.6 Å². The van der Waals surface area contributed by atoms with Gasteiger partial charge in [-0.25, -0.2) is 4.79 Å². The third-order valence-corrected chi connectivity index (χ3v) is 7.58. The maximum atomic E-state index is 13.1. The van der Waals surface area contributed by atoms with E-state index in [9.17, 15) is 29.1 Å². The number of amides is 4. The van der Waals surface area contributed by atoms with Crippen molar-refractivity contribution in [3.63, 3.8) is 0 Å². The first-order chi connectivity index (χ1) is 18.9. The Morgan fingerprint density at radius 3 is 2.05 bits per heavy atom. The van der Waals surface area contributed by atoms with Gasteiger partial charge in [-0.15, -0.1) is 0 Å². The average molecular weight is 580 g/mol. The third kappa shape index (κ3) is 12.0. The van der Waals surface area contributed by atoms with Crippen LogP contribution in [0.2, 0.25) is 0 Å². The molecule has 12 heteroatoms. The van der Waals surface area contributed by atoms with Crippen LogP contribution in [0.4, 0.5) is 0 Å². The maximum absolute atomic E-state index is 13.1. The molecule has 0 heterocycles. The number of rotatable bonds is 18. The number of thioether (sulfide) groups is 1. The molecule has 0 aliphatic carbocycles. The second-order valence-corrected chi connectivity index (χ2v) is 11.0. The highest BCUT2D eigenvalue weighted by Crippen LogP contribution is 2.10. The van der Waals surface area contributed by atoms with Gasteiger partial charge in [-0.3, -0.25) is 19.2 Å². The molecule has 224 valence electrons.